The number of halogens is 2. The van der Waals surface area contributed by atoms with Gasteiger partial charge in [0.25, 0.3) is 0 Å². The predicted molar refractivity (Wildman–Crippen MR) is 149 cm³/mol. The van der Waals surface area contributed by atoms with Gasteiger partial charge in [-0.3, -0.25) is 0 Å². The van der Waals surface area contributed by atoms with Gasteiger partial charge in [0.2, 0.25) is 0 Å². The largest absolute Gasteiger partial charge is 0.165 e. The second-order valence-electron chi connectivity index (χ2n) is 9.01. The van der Waals surface area contributed by atoms with E-state index < -0.39 is 17.7 Å². The number of hydrogen-bond donors (Lipinski definition) is 0. The number of rotatable bonds is 4. The van der Waals surface area contributed by atoms with Gasteiger partial charge >= 0.3 is 73.3 Å². The number of aryl methyl sites for hydroxylation is 6. The Morgan fingerprint density at radius 1 is 0.697 bits per heavy atom. The zero-order valence-electron chi connectivity index (χ0n) is 21.2. The van der Waals surface area contributed by atoms with E-state index >= 15 is 0 Å². The molecule has 4 heteroatoms. The van der Waals surface area contributed by atoms with Crippen LogP contribution in [0, 0.1) is 41.5 Å². The smallest absolute Gasteiger partial charge is 0.0488 e. The van der Waals surface area contributed by atoms with Gasteiger partial charge in [-0.15, -0.1) is 68.1 Å². The molecule has 0 heterocycles. The SMILES string of the molecule is CCCCC[Si]=[Hf]([Cl])[Cl].Cc1cc2c(C)ccc(C)c2[cH-]1.Cc1cc2c(C)ccc(C)c2[cH-]1. The van der Waals surface area contributed by atoms with E-state index in [-0.39, 0.29) is 0 Å². The molecule has 0 atom stereocenters. The fourth-order valence-corrected chi connectivity index (χ4v) is 13.2. The van der Waals surface area contributed by atoms with E-state index in [1.807, 2.05) is 0 Å². The fourth-order valence-electron chi connectivity index (χ4n) is 4.03. The molecule has 0 fully saturated rings. The molecule has 0 spiro atoms. The normalized spacial score (nSPS) is 10.5. The maximum Gasteiger partial charge on any atom is -0.0488 e. The Morgan fingerprint density at radius 3 is 1.48 bits per heavy atom. The van der Waals surface area contributed by atoms with Gasteiger partial charge in [-0.05, 0) is 13.8 Å². The van der Waals surface area contributed by atoms with Crippen molar-refractivity contribution in [2.75, 3.05) is 0 Å². The molecule has 0 aliphatic carbocycles. The Bertz CT molecular complexity index is 1050. The van der Waals surface area contributed by atoms with Crippen molar-refractivity contribution in [3.63, 3.8) is 0 Å². The van der Waals surface area contributed by atoms with Gasteiger partial charge in [-0.25, -0.2) is 0 Å². The van der Waals surface area contributed by atoms with E-state index in [9.17, 15) is 0 Å². The van der Waals surface area contributed by atoms with Crippen LogP contribution in [-0.2, 0) is 17.7 Å². The van der Waals surface area contributed by atoms with Gasteiger partial charge in [0.15, 0.2) is 0 Å². The molecule has 177 valence electrons. The Balaban J connectivity index is 0.000000178. The predicted octanol–water partition coefficient (Wildman–Crippen LogP) is 10.1. The van der Waals surface area contributed by atoms with Crippen LogP contribution >= 0.6 is 17.2 Å². The maximum atomic E-state index is 5.75. The van der Waals surface area contributed by atoms with Crippen molar-refractivity contribution in [1.82, 2.24) is 0 Å². The van der Waals surface area contributed by atoms with Crippen LogP contribution in [0.3, 0.4) is 0 Å². The molecule has 1 radical (unpaired) electrons. The molecular formula is C29H37Cl2HfSi-2. The van der Waals surface area contributed by atoms with Crippen molar-refractivity contribution in [3.8, 4) is 0 Å². The third-order valence-corrected chi connectivity index (χ3v) is 19.0. The molecule has 0 saturated carbocycles. The number of benzene rings is 2. The van der Waals surface area contributed by atoms with Gasteiger partial charge in [0, 0.05) is 0 Å². The summed E-state index contributed by atoms with van der Waals surface area (Å²) in [5.41, 5.74) is 8.24. The molecule has 0 nitrogen and oxygen atoms in total. The van der Waals surface area contributed by atoms with Gasteiger partial charge in [-0.1, -0.05) is 51.0 Å². The van der Waals surface area contributed by atoms with Crippen LogP contribution in [0.1, 0.15) is 59.6 Å². The van der Waals surface area contributed by atoms with Crippen LogP contribution in [-0.4, -0.2) is 6.22 Å². The van der Waals surface area contributed by atoms with E-state index in [1.54, 1.807) is 0 Å². The molecule has 0 saturated heterocycles. The zero-order valence-corrected chi connectivity index (χ0v) is 27.3. The van der Waals surface area contributed by atoms with E-state index in [0.717, 1.165) is 6.22 Å². The van der Waals surface area contributed by atoms with Crippen molar-refractivity contribution >= 4 is 44.9 Å². The molecule has 4 aromatic carbocycles. The Labute approximate surface area is 216 Å². The minimum atomic E-state index is -1.84. The summed E-state index contributed by atoms with van der Waals surface area (Å²) < 4.78 is 0. The van der Waals surface area contributed by atoms with Crippen LogP contribution in [0.15, 0.2) is 48.5 Å². The summed E-state index contributed by atoms with van der Waals surface area (Å²) in [6.07, 6.45) is 4.93. The van der Waals surface area contributed by atoms with Crippen molar-refractivity contribution in [2.24, 2.45) is 0 Å². The molecule has 0 aromatic heterocycles. The quantitative estimate of drug-likeness (QED) is 0.116. The summed E-state index contributed by atoms with van der Waals surface area (Å²) >= 11 is -1.84. The Kier molecular flexibility index (Phi) is 12.1. The van der Waals surface area contributed by atoms with Crippen molar-refractivity contribution in [1.29, 1.82) is 0 Å². The van der Waals surface area contributed by atoms with E-state index in [4.69, 9.17) is 17.2 Å². The average molecular weight is 663 g/mol. The van der Waals surface area contributed by atoms with Gasteiger partial charge in [0.1, 0.15) is 0 Å². The molecule has 4 rings (SSSR count). The first-order valence-electron chi connectivity index (χ1n) is 11.8. The third kappa shape index (κ3) is 8.80. The molecule has 0 aliphatic heterocycles. The monoisotopic (exact) mass is 663 g/mol. The van der Waals surface area contributed by atoms with Crippen molar-refractivity contribution < 1.29 is 17.7 Å². The summed E-state index contributed by atoms with van der Waals surface area (Å²) in [4.78, 5) is 0. The van der Waals surface area contributed by atoms with E-state index in [2.05, 4.69) is 97.0 Å². The van der Waals surface area contributed by atoms with Gasteiger partial charge in [-0.2, -0.15) is 12.1 Å². The summed E-state index contributed by atoms with van der Waals surface area (Å²) in [7, 11) is 11.5. The number of unbranched alkanes of at least 4 members (excludes halogenated alkanes) is 2. The first-order chi connectivity index (χ1) is 15.6. The summed E-state index contributed by atoms with van der Waals surface area (Å²) in [5.74, 6) is 0. The van der Waals surface area contributed by atoms with Crippen LogP contribution in [0.4, 0.5) is 0 Å². The minimum absolute atomic E-state index is 0.942. The Hall–Kier alpha value is -0.673. The fraction of sp³-hybridized carbons (Fsp3) is 0.379. The second-order valence-corrected chi connectivity index (χ2v) is 32.6. The van der Waals surface area contributed by atoms with Crippen LogP contribution in [0.5, 0.6) is 0 Å². The summed E-state index contributed by atoms with van der Waals surface area (Å²) in [6.45, 7) is 15.2. The molecule has 0 aliphatic rings. The Morgan fingerprint density at radius 2 is 1.12 bits per heavy atom. The van der Waals surface area contributed by atoms with E-state index in [1.165, 1.54) is 80.2 Å². The molecule has 0 bridgehead atoms. The molecule has 0 unspecified atom stereocenters. The zero-order chi connectivity index (χ0) is 24.5. The molecule has 4 aromatic rings. The second kappa shape index (κ2) is 14.0. The molecule has 33 heavy (non-hydrogen) atoms. The van der Waals surface area contributed by atoms with Crippen LogP contribution in [0.25, 0.3) is 21.5 Å². The first-order valence-corrected chi connectivity index (χ1v) is 27.3. The van der Waals surface area contributed by atoms with E-state index in [0.29, 0.717) is 0 Å². The van der Waals surface area contributed by atoms with Gasteiger partial charge in [0.05, 0.1) is 0 Å². The van der Waals surface area contributed by atoms with Gasteiger partial charge < -0.3 is 0 Å². The minimum Gasteiger partial charge on any atom is -0.165 e. The van der Waals surface area contributed by atoms with Crippen molar-refractivity contribution in [3.05, 3.63) is 81.9 Å². The standard InChI is InChI=1S/2C12H13.C5H11Si.2ClH.Hf/c2*1-8-6-11-9(2)4-5-10(3)12(11)7-8;1-2-3-4-5-6;;;/h2*4-7H,1-3H3;2-5H2,1H3;2*1H;/q2*-1;;;;+2/p-2. The number of fused-ring (bicyclic) bond motifs is 2. The van der Waals surface area contributed by atoms with Crippen molar-refractivity contribution in [2.45, 2.75) is 73.8 Å². The molecule has 0 N–H and O–H groups in total. The summed E-state index contributed by atoms with van der Waals surface area (Å²) in [5, 5.41) is 5.64. The maximum absolute atomic E-state index is 5.75. The average Bonchev–Trinajstić information content (AvgIpc) is 3.36. The third-order valence-electron chi connectivity index (χ3n) is 5.97. The van der Waals surface area contributed by atoms with Crippen LogP contribution in [0.2, 0.25) is 6.04 Å². The molecule has 0 amide bonds. The van der Waals surface area contributed by atoms with Crippen LogP contribution < -0.4 is 0 Å². The molecular weight excluding hydrogens is 626 g/mol. The summed E-state index contributed by atoms with van der Waals surface area (Å²) in [6, 6.07) is 19.1. The first kappa shape index (κ1) is 28.6. The topological polar surface area (TPSA) is 0 Å². The number of hydrogen-bond acceptors (Lipinski definition) is 0.